The zero-order valence-electron chi connectivity index (χ0n) is 6.02. The number of hydrogen-bond donors (Lipinski definition) is 1. The molecule has 0 fully saturated rings. The van der Waals surface area contributed by atoms with Crippen molar-refractivity contribution in [2.24, 2.45) is 0 Å². The van der Waals surface area contributed by atoms with Gasteiger partial charge in [-0.1, -0.05) is 6.58 Å². The summed E-state index contributed by atoms with van der Waals surface area (Å²) >= 11 is 2.32. The Labute approximate surface area is 79.6 Å². The summed E-state index contributed by atoms with van der Waals surface area (Å²) < 4.78 is 1.29. The Balaban J connectivity index is 2.51. The zero-order valence-corrected chi connectivity index (χ0v) is 8.18. The molecule has 0 spiro atoms. The molecule has 0 amide bonds. The van der Waals surface area contributed by atoms with Gasteiger partial charge in [-0.25, -0.2) is 0 Å². The van der Waals surface area contributed by atoms with Crippen LogP contribution in [-0.2, 0) is 6.42 Å². The number of nitrogens with one attached hydrogen (secondary N) is 1. The first kappa shape index (κ1) is 7.16. The molecule has 0 aliphatic carbocycles. The molecule has 1 aliphatic rings. The lowest BCUT2D eigenvalue weighted by atomic mass is 10.2. The van der Waals surface area contributed by atoms with E-state index in [2.05, 4.69) is 52.7 Å². The van der Waals surface area contributed by atoms with Gasteiger partial charge in [-0.3, -0.25) is 0 Å². The second-order valence-corrected chi connectivity index (χ2v) is 3.95. The number of allylic oxidation sites excluding steroid dienone is 1. The van der Waals surface area contributed by atoms with Crippen molar-refractivity contribution >= 4 is 28.3 Å². The number of anilines is 1. The molecule has 1 nitrogen and oxygen atoms in total. The van der Waals surface area contributed by atoms with Crippen molar-refractivity contribution in [2.75, 3.05) is 5.32 Å². The van der Waals surface area contributed by atoms with Gasteiger partial charge in [0.2, 0.25) is 0 Å². The Morgan fingerprint density at radius 2 is 2.27 bits per heavy atom. The van der Waals surface area contributed by atoms with Gasteiger partial charge in [0.25, 0.3) is 0 Å². The molecule has 1 aliphatic heterocycles. The van der Waals surface area contributed by atoms with Gasteiger partial charge in [-0.15, -0.1) is 0 Å². The summed E-state index contributed by atoms with van der Waals surface area (Å²) in [4.78, 5) is 0. The van der Waals surface area contributed by atoms with Crippen LogP contribution >= 0.6 is 22.6 Å². The number of halogens is 1. The Morgan fingerprint density at radius 3 is 3.09 bits per heavy atom. The van der Waals surface area contributed by atoms with Gasteiger partial charge in [0.1, 0.15) is 0 Å². The van der Waals surface area contributed by atoms with E-state index < -0.39 is 0 Å². The molecule has 11 heavy (non-hydrogen) atoms. The quantitative estimate of drug-likeness (QED) is 0.704. The van der Waals surface area contributed by atoms with Gasteiger partial charge in [-0.2, -0.15) is 0 Å². The molecule has 1 aromatic carbocycles. The highest BCUT2D eigenvalue weighted by Crippen LogP contribution is 2.27. The fourth-order valence-corrected chi connectivity index (χ4v) is 1.85. The molecule has 0 radical (unpaired) electrons. The van der Waals surface area contributed by atoms with Crippen molar-refractivity contribution in [3.8, 4) is 0 Å². The van der Waals surface area contributed by atoms with Crippen LogP contribution in [0, 0.1) is 3.57 Å². The molecule has 56 valence electrons. The lowest BCUT2D eigenvalue weighted by molar-refractivity contribution is 1.26. The van der Waals surface area contributed by atoms with Gasteiger partial charge in [0.05, 0.1) is 0 Å². The zero-order chi connectivity index (χ0) is 7.84. The van der Waals surface area contributed by atoms with E-state index in [-0.39, 0.29) is 0 Å². The third kappa shape index (κ3) is 1.27. The van der Waals surface area contributed by atoms with E-state index in [9.17, 15) is 0 Å². The number of benzene rings is 1. The lowest BCUT2D eigenvalue weighted by Gasteiger charge is -1.97. The molecule has 0 aromatic heterocycles. The average molecular weight is 257 g/mol. The predicted molar refractivity (Wildman–Crippen MR) is 55.6 cm³/mol. The Kier molecular flexibility index (Phi) is 1.64. The Morgan fingerprint density at radius 1 is 1.45 bits per heavy atom. The summed E-state index contributed by atoms with van der Waals surface area (Å²) in [6.07, 6.45) is 0.978. The van der Waals surface area contributed by atoms with Gasteiger partial charge < -0.3 is 5.32 Å². The van der Waals surface area contributed by atoms with Gasteiger partial charge in [-0.05, 0) is 46.4 Å². The van der Waals surface area contributed by atoms with Crippen molar-refractivity contribution in [2.45, 2.75) is 6.42 Å². The molecule has 0 saturated heterocycles. The third-order valence-corrected chi connectivity index (χ3v) is 2.45. The summed E-state index contributed by atoms with van der Waals surface area (Å²) in [6, 6.07) is 6.40. The van der Waals surface area contributed by atoms with Crippen LogP contribution < -0.4 is 5.32 Å². The van der Waals surface area contributed by atoms with Crippen LogP contribution in [0.25, 0.3) is 0 Å². The summed E-state index contributed by atoms with van der Waals surface area (Å²) in [5, 5.41) is 3.23. The maximum absolute atomic E-state index is 3.88. The highest BCUT2D eigenvalue weighted by molar-refractivity contribution is 14.1. The average Bonchev–Trinajstić information content (AvgIpc) is 2.27. The van der Waals surface area contributed by atoms with Crippen LogP contribution in [0.15, 0.2) is 30.5 Å². The largest absolute Gasteiger partial charge is 0.359 e. The monoisotopic (exact) mass is 257 g/mol. The number of rotatable bonds is 0. The van der Waals surface area contributed by atoms with E-state index in [4.69, 9.17) is 0 Å². The van der Waals surface area contributed by atoms with Crippen molar-refractivity contribution in [1.82, 2.24) is 0 Å². The third-order valence-electron chi connectivity index (χ3n) is 1.78. The predicted octanol–water partition coefficient (Wildman–Crippen LogP) is 2.77. The molecule has 2 rings (SSSR count). The van der Waals surface area contributed by atoms with Crippen LogP contribution in [0.1, 0.15) is 5.56 Å². The minimum Gasteiger partial charge on any atom is -0.359 e. The molecular weight excluding hydrogens is 249 g/mol. The minimum absolute atomic E-state index is 0.978. The second-order valence-electron chi connectivity index (χ2n) is 2.71. The molecule has 1 aromatic rings. The first-order chi connectivity index (χ1) is 5.25. The Hall–Kier alpha value is -0.510. The van der Waals surface area contributed by atoms with Gasteiger partial charge in [0, 0.05) is 21.4 Å². The smallest absolute Gasteiger partial charge is 0.0419 e. The van der Waals surface area contributed by atoms with Crippen molar-refractivity contribution in [3.05, 3.63) is 39.6 Å². The van der Waals surface area contributed by atoms with E-state index in [0.29, 0.717) is 0 Å². The fourth-order valence-electron chi connectivity index (χ4n) is 1.30. The molecule has 0 bridgehead atoms. The standard InChI is InChI=1S/C9H8IN/c1-6-4-7-5-8(10)2-3-9(7)11-6/h2-3,5,11H,1,4H2. The van der Waals surface area contributed by atoms with E-state index in [0.717, 1.165) is 12.1 Å². The molecule has 2 heteroatoms. The van der Waals surface area contributed by atoms with E-state index in [1.54, 1.807) is 0 Å². The molecule has 0 saturated carbocycles. The highest BCUT2D eigenvalue weighted by Gasteiger charge is 2.11. The van der Waals surface area contributed by atoms with Crippen molar-refractivity contribution in [1.29, 1.82) is 0 Å². The Bertz CT molecular complexity index is 317. The minimum atomic E-state index is 0.978. The fraction of sp³-hybridized carbons (Fsp3) is 0.111. The highest BCUT2D eigenvalue weighted by atomic mass is 127. The molecule has 1 N–H and O–H groups in total. The maximum Gasteiger partial charge on any atom is 0.0419 e. The van der Waals surface area contributed by atoms with E-state index in [1.165, 1.54) is 14.8 Å². The topological polar surface area (TPSA) is 12.0 Å². The summed E-state index contributed by atoms with van der Waals surface area (Å²) in [7, 11) is 0. The SMILES string of the molecule is C=C1Cc2cc(I)ccc2N1. The molecule has 0 unspecified atom stereocenters. The van der Waals surface area contributed by atoms with Gasteiger partial charge in [0.15, 0.2) is 0 Å². The molecule has 0 atom stereocenters. The second kappa shape index (κ2) is 2.52. The van der Waals surface area contributed by atoms with Crippen molar-refractivity contribution in [3.63, 3.8) is 0 Å². The van der Waals surface area contributed by atoms with Crippen LogP contribution in [0.4, 0.5) is 5.69 Å². The normalized spacial score (nSPS) is 14.5. The van der Waals surface area contributed by atoms with Crippen molar-refractivity contribution < 1.29 is 0 Å². The van der Waals surface area contributed by atoms with Crippen LogP contribution in [-0.4, -0.2) is 0 Å². The van der Waals surface area contributed by atoms with E-state index >= 15 is 0 Å². The van der Waals surface area contributed by atoms with Gasteiger partial charge >= 0.3 is 0 Å². The van der Waals surface area contributed by atoms with Crippen LogP contribution in [0.5, 0.6) is 0 Å². The first-order valence-electron chi connectivity index (χ1n) is 3.49. The van der Waals surface area contributed by atoms with Crippen LogP contribution in [0.3, 0.4) is 0 Å². The molecule has 1 heterocycles. The summed E-state index contributed by atoms with van der Waals surface area (Å²) in [6.45, 7) is 3.88. The van der Waals surface area contributed by atoms with Crippen LogP contribution in [0.2, 0.25) is 0 Å². The van der Waals surface area contributed by atoms with E-state index in [1.807, 2.05) is 0 Å². The number of fused-ring (bicyclic) bond motifs is 1. The first-order valence-corrected chi connectivity index (χ1v) is 4.57. The number of hydrogen-bond acceptors (Lipinski definition) is 1. The summed E-state index contributed by atoms with van der Waals surface area (Å²) in [5.41, 5.74) is 3.68. The maximum atomic E-state index is 3.88. The lowest BCUT2D eigenvalue weighted by Crippen LogP contribution is -1.86. The summed E-state index contributed by atoms with van der Waals surface area (Å²) in [5.74, 6) is 0. The molecular formula is C9H8IN.